The van der Waals surface area contributed by atoms with Gasteiger partial charge >= 0.3 is 0 Å². The van der Waals surface area contributed by atoms with E-state index in [4.69, 9.17) is 4.74 Å². The quantitative estimate of drug-likeness (QED) is 0.240. The van der Waals surface area contributed by atoms with Gasteiger partial charge in [0.1, 0.15) is 12.4 Å². The molecule has 28 heavy (non-hydrogen) atoms. The summed E-state index contributed by atoms with van der Waals surface area (Å²) in [6, 6.07) is 8.06. The van der Waals surface area contributed by atoms with Crippen molar-refractivity contribution in [2.45, 2.75) is 38.1 Å². The van der Waals surface area contributed by atoms with Crippen LogP contribution in [0.5, 0.6) is 5.75 Å². The third-order valence-corrected chi connectivity index (χ3v) is 5.72. The SMILES string of the molecule is CN=C(NCCOc1cccc(Br)c1)NC1CCN(C(=O)C2CCCC2)C1.I. The van der Waals surface area contributed by atoms with Crippen molar-refractivity contribution in [3.05, 3.63) is 28.7 Å². The summed E-state index contributed by atoms with van der Waals surface area (Å²) in [6.45, 7) is 2.82. The average Bonchev–Trinajstić information content (AvgIpc) is 3.36. The predicted octanol–water partition coefficient (Wildman–Crippen LogP) is 3.40. The maximum absolute atomic E-state index is 12.6. The van der Waals surface area contributed by atoms with Gasteiger partial charge in [-0.1, -0.05) is 34.8 Å². The number of hydrogen-bond donors (Lipinski definition) is 2. The van der Waals surface area contributed by atoms with Gasteiger partial charge in [-0.25, -0.2) is 0 Å². The fourth-order valence-electron chi connectivity index (χ4n) is 3.79. The zero-order valence-corrected chi connectivity index (χ0v) is 20.2. The second-order valence-corrected chi connectivity index (χ2v) is 8.12. The Balaban J connectivity index is 0.00000280. The lowest BCUT2D eigenvalue weighted by Gasteiger charge is -2.21. The first kappa shape index (κ1) is 23.3. The highest BCUT2D eigenvalue weighted by molar-refractivity contribution is 14.0. The maximum atomic E-state index is 12.6. The van der Waals surface area contributed by atoms with Crippen molar-refractivity contribution < 1.29 is 9.53 Å². The van der Waals surface area contributed by atoms with Gasteiger partial charge in [0.15, 0.2) is 5.96 Å². The molecule has 2 aliphatic rings. The molecule has 1 aromatic carbocycles. The van der Waals surface area contributed by atoms with Crippen LogP contribution in [0, 0.1) is 5.92 Å². The molecule has 1 saturated carbocycles. The summed E-state index contributed by atoms with van der Waals surface area (Å²) in [5, 5.41) is 6.71. The zero-order chi connectivity index (χ0) is 19.1. The lowest BCUT2D eigenvalue weighted by Crippen LogP contribution is -2.46. The molecule has 1 aromatic rings. The summed E-state index contributed by atoms with van der Waals surface area (Å²) in [5.74, 6) is 2.21. The molecule has 0 spiro atoms. The highest BCUT2D eigenvalue weighted by Gasteiger charge is 2.32. The van der Waals surface area contributed by atoms with Crippen LogP contribution in [0.25, 0.3) is 0 Å². The molecule has 2 N–H and O–H groups in total. The standard InChI is InChI=1S/C20H29BrN4O2.HI/c1-22-20(23-10-12-27-18-8-4-7-16(21)13-18)24-17-9-11-25(14-17)19(26)15-5-2-3-6-15;/h4,7-8,13,15,17H,2-3,5-6,9-12,14H2,1H3,(H2,22,23,24);1H. The molecule has 1 amide bonds. The summed E-state index contributed by atoms with van der Waals surface area (Å²) in [4.78, 5) is 18.9. The maximum Gasteiger partial charge on any atom is 0.225 e. The van der Waals surface area contributed by atoms with E-state index in [0.29, 0.717) is 19.1 Å². The molecule has 1 heterocycles. The second-order valence-electron chi connectivity index (χ2n) is 7.20. The molecule has 3 rings (SSSR count). The molecule has 156 valence electrons. The first-order chi connectivity index (χ1) is 13.2. The highest BCUT2D eigenvalue weighted by atomic mass is 127. The molecule has 8 heteroatoms. The van der Waals surface area contributed by atoms with E-state index in [2.05, 4.69) is 31.6 Å². The van der Waals surface area contributed by atoms with Crippen molar-refractivity contribution in [3.8, 4) is 5.75 Å². The number of nitrogens with one attached hydrogen (secondary N) is 2. The van der Waals surface area contributed by atoms with Gasteiger partial charge < -0.3 is 20.3 Å². The number of carbonyl (C=O) groups excluding carboxylic acids is 1. The van der Waals surface area contributed by atoms with E-state index in [9.17, 15) is 4.79 Å². The highest BCUT2D eigenvalue weighted by Crippen LogP contribution is 2.27. The van der Waals surface area contributed by atoms with Gasteiger partial charge in [-0.05, 0) is 37.5 Å². The lowest BCUT2D eigenvalue weighted by molar-refractivity contribution is -0.134. The molecule has 1 aliphatic carbocycles. The first-order valence-corrected chi connectivity index (χ1v) is 10.6. The van der Waals surface area contributed by atoms with E-state index in [1.54, 1.807) is 7.05 Å². The molecule has 0 aromatic heterocycles. The topological polar surface area (TPSA) is 66.0 Å². The molecule has 0 bridgehead atoms. The van der Waals surface area contributed by atoms with Crippen molar-refractivity contribution in [2.75, 3.05) is 33.3 Å². The van der Waals surface area contributed by atoms with Crippen LogP contribution in [-0.4, -0.2) is 56.1 Å². The largest absolute Gasteiger partial charge is 0.492 e. The molecular formula is C20H30BrIN4O2. The fourth-order valence-corrected chi connectivity index (χ4v) is 4.17. The molecule has 1 aliphatic heterocycles. The molecule has 0 radical (unpaired) electrons. The zero-order valence-electron chi connectivity index (χ0n) is 16.3. The predicted molar refractivity (Wildman–Crippen MR) is 126 cm³/mol. The summed E-state index contributed by atoms with van der Waals surface area (Å²) < 4.78 is 6.73. The van der Waals surface area contributed by atoms with Crippen molar-refractivity contribution in [3.63, 3.8) is 0 Å². The van der Waals surface area contributed by atoms with Crippen LogP contribution in [0.4, 0.5) is 0 Å². The number of ether oxygens (including phenoxy) is 1. The number of halogens is 2. The molecule has 1 saturated heterocycles. The van der Waals surface area contributed by atoms with Crippen LogP contribution in [0.2, 0.25) is 0 Å². The average molecular weight is 565 g/mol. The Morgan fingerprint density at radius 1 is 1.32 bits per heavy atom. The van der Waals surface area contributed by atoms with Gasteiger partial charge in [-0.3, -0.25) is 9.79 Å². The summed E-state index contributed by atoms with van der Waals surface area (Å²) in [5.41, 5.74) is 0. The van der Waals surface area contributed by atoms with E-state index in [1.807, 2.05) is 29.2 Å². The van der Waals surface area contributed by atoms with Crippen LogP contribution in [0.15, 0.2) is 33.7 Å². The minimum absolute atomic E-state index is 0. The number of benzene rings is 1. The summed E-state index contributed by atoms with van der Waals surface area (Å²) in [6.07, 6.45) is 5.49. The minimum Gasteiger partial charge on any atom is -0.492 e. The molecule has 1 unspecified atom stereocenters. The Kier molecular flexibility index (Phi) is 9.84. The Morgan fingerprint density at radius 3 is 2.82 bits per heavy atom. The molecule has 6 nitrogen and oxygen atoms in total. The second kappa shape index (κ2) is 11.8. The lowest BCUT2D eigenvalue weighted by atomic mass is 10.1. The number of nitrogens with zero attached hydrogens (tertiary/aromatic N) is 2. The van der Waals surface area contributed by atoms with Crippen molar-refractivity contribution >= 4 is 51.8 Å². The van der Waals surface area contributed by atoms with Crippen LogP contribution in [0.3, 0.4) is 0 Å². The minimum atomic E-state index is 0. The number of amides is 1. The summed E-state index contributed by atoms with van der Waals surface area (Å²) >= 11 is 3.44. The number of hydrogen-bond acceptors (Lipinski definition) is 3. The van der Waals surface area contributed by atoms with E-state index in [-0.39, 0.29) is 35.9 Å². The van der Waals surface area contributed by atoms with Gasteiger partial charge in [-0.2, -0.15) is 0 Å². The Labute approximate surface area is 193 Å². The Morgan fingerprint density at radius 2 is 2.11 bits per heavy atom. The number of likely N-dealkylation sites (tertiary alicyclic amines) is 1. The van der Waals surface area contributed by atoms with Crippen LogP contribution >= 0.6 is 39.9 Å². The monoisotopic (exact) mass is 564 g/mol. The number of guanidine groups is 1. The van der Waals surface area contributed by atoms with E-state index < -0.39 is 0 Å². The van der Waals surface area contributed by atoms with Crippen LogP contribution in [0.1, 0.15) is 32.1 Å². The third-order valence-electron chi connectivity index (χ3n) is 5.23. The Hall–Kier alpha value is -1.03. The van der Waals surface area contributed by atoms with Crippen LogP contribution < -0.4 is 15.4 Å². The number of aliphatic imine (C=N–C) groups is 1. The van der Waals surface area contributed by atoms with Gasteiger partial charge in [0.2, 0.25) is 5.91 Å². The number of rotatable bonds is 6. The third kappa shape index (κ3) is 6.79. The van der Waals surface area contributed by atoms with Crippen molar-refractivity contribution in [1.82, 2.24) is 15.5 Å². The van der Waals surface area contributed by atoms with Gasteiger partial charge in [0.05, 0.1) is 6.54 Å². The van der Waals surface area contributed by atoms with Crippen molar-refractivity contribution in [2.24, 2.45) is 10.9 Å². The summed E-state index contributed by atoms with van der Waals surface area (Å²) in [7, 11) is 1.76. The molecular weight excluding hydrogens is 535 g/mol. The van der Waals surface area contributed by atoms with Crippen molar-refractivity contribution in [1.29, 1.82) is 0 Å². The van der Waals surface area contributed by atoms with Gasteiger partial charge in [0, 0.05) is 36.6 Å². The smallest absolute Gasteiger partial charge is 0.225 e. The van der Waals surface area contributed by atoms with Crippen LogP contribution in [-0.2, 0) is 4.79 Å². The van der Waals surface area contributed by atoms with E-state index in [0.717, 1.165) is 48.5 Å². The van der Waals surface area contributed by atoms with E-state index >= 15 is 0 Å². The molecule has 1 atom stereocenters. The Bertz CT molecular complexity index is 667. The first-order valence-electron chi connectivity index (χ1n) is 9.80. The van der Waals surface area contributed by atoms with E-state index in [1.165, 1.54) is 12.8 Å². The van der Waals surface area contributed by atoms with Gasteiger partial charge in [0.25, 0.3) is 0 Å². The van der Waals surface area contributed by atoms with Gasteiger partial charge in [-0.15, -0.1) is 24.0 Å². The normalized spacial score (nSPS) is 20.0. The molecule has 2 fully saturated rings. The fraction of sp³-hybridized carbons (Fsp3) is 0.600. The number of carbonyl (C=O) groups is 1.